The molecule has 116 valence electrons. The molecular formula is C19H24N2S. The van der Waals surface area contributed by atoms with Crippen molar-refractivity contribution in [3.05, 3.63) is 64.7 Å². The van der Waals surface area contributed by atoms with Crippen LogP contribution in [0.4, 0.5) is 5.69 Å². The lowest BCUT2D eigenvalue weighted by molar-refractivity contribution is 0.717. The van der Waals surface area contributed by atoms with Crippen LogP contribution in [0.25, 0.3) is 0 Å². The summed E-state index contributed by atoms with van der Waals surface area (Å²) in [6.07, 6.45) is 1.05. The zero-order valence-corrected chi connectivity index (χ0v) is 14.6. The molecule has 3 heteroatoms. The van der Waals surface area contributed by atoms with Crippen molar-refractivity contribution < 1.29 is 0 Å². The van der Waals surface area contributed by atoms with Crippen LogP contribution in [-0.4, -0.2) is 5.11 Å². The van der Waals surface area contributed by atoms with Gasteiger partial charge in [0.05, 0.1) is 6.04 Å². The zero-order chi connectivity index (χ0) is 16.1. The van der Waals surface area contributed by atoms with E-state index in [-0.39, 0.29) is 6.04 Å². The van der Waals surface area contributed by atoms with Crippen molar-refractivity contribution in [1.29, 1.82) is 0 Å². The highest BCUT2D eigenvalue weighted by atomic mass is 32.1. The highest BCUT2D eigenvalue weighted by Gasteiger charge is 2.09. The zero-order valence-electron chi connectivity index (χ0n) is 13.7. The van der Waals surface area contributed by atoms with Gasteiger partial charge in [-0.15, -0.1) is 0 Å². The molecule has 1 atom stereocenters. The molecule has 22 heavy (non-hydrogen) atoms. The second kappa shape index (κ2) is 7.41. The fourth-order valence-electron chi connectivity index (χ4n) is 2.58. The molecule has 0 saturated carbocycles. The summed E-state index contributed by atoms with van der Waals surface area (Å²) in [5.74, 6) is 0. The molecule has 2 rings (SSSR count). The van der Waals surface area contributed by atoms with Gasteiger partial charge < -0.3 is 10.6 Å². The average Bonchev–Trinajstić information content (AvgIpc) is 2.47. The van der Waals surface area contributed by atoms with Crippen LogP contribution in [-0.2, 0) is 6.42 Å². The first-order chi connectivity index (χ1) is 10.5. The summed E-state index contributed by atoms with van der Waals surface area (Å²) in [5.41, 5.74) is 6.19. The van der Waals surface area contributed by atoms with E-state index < -0.39 is 0 Å². The Hall–Kier alpha value is -1.87. The Morgan fingerprint density at radius 2 is 1.77 bits per heavy atom. The maximum absolute atomic E-state index is 5.42. The number of benzene rings is 2. The van der Waals surface area contributed by atoms with Gasteiger partial charge in [0.1, 0.15) is 0 Å². The molecule has 2 N–H and O–H groups in total. The fourth-order valence-corrected chi connectivity index (χ4v) is 2.87. The first-order valence-corrected chi connectivity index (χ1v) is 8.14. The second-order valence-corrected chi connectivity index (χ2v) is 6.14. The molecule has 0 fully saturated rings. The van der Waals surface area contributed by atoms with E-state index in [0.29, 0.717) is 5.11 Å². The number of aryl methyl sites for hydroxylation is 3. The number of nitrogens with one attached hydrogen (secondary N) is 2. The van der Waals surface area contributed by atoms with Gasteiger partial charge in [-0.25, -0.2) is 0 Å². The fraction of sp³-hybridized carbons (Fsp3) is 0.316. The monoisotopic (exact) mass is 312 g/mol. The van der Waals surface area contributed by atoms with Gasteiger partial charge in [-0.2, -0.15) is 0 Å². The molecule has 0 aliphatic rings. The van der Waals surface area contributed by atoms with Gasteiger partial charge in [0.2, 0.25) is 0 Å². The number of hydrogen-bond acceptors (Lipinski definition) is 1. The summed E-state index contributed by atoms with van der Waals surface area (Å²) < 4.78 is 0. The van der Waals surface area contributed by atoms with Crippen molar-refractivity contribution in [2.24, 2.45) is 0 Å². The lowest BCUT2D eigenvalue weighted by atomic mass is 10.0. The normalized spacial score (nSPS) is 11.8. The molecule has 0 saturated heterocycles. The topological polar surface area (TPSA) is 24.1 Å². The molecule has 0 radical (unpaired) electrons. The molecule has 0 heterocycles. The van der Waals surface area contributed by atoms with Crippen LogP contribution in [0.2, 0.25) is 0 Å². The van der Waals surface area contributed by atoms with Gasteiger partial charge in [0, 0.05) is 5.69 Å². The van der Waals surface area contributed by atoms with E-state index in [9.17, 15) is 0 Å². The molecule has 0 spiro atoms. The first-order valence-electron chi connectivity index (χ1n) is 7.73. The number of hydrogen-bond donors (Lipinski definition) is 2. The van der Waals surface area contributed by atoms with E-state index in [0.717, 1.165) is 12.1 Å². The summed E-state index contributed by atoms with van der Waals surface area (Å²) >= 11 is 5.42. The van der Waals surface area contributed by atoms with Gasteiger partial charge >= 0.3 is 0 Å². The standard InChI is InChI=1S/C19H24N2S/c1-5-16-7-9-17(10-8-16)21-19(22)20-15(4)18-11-6-13(2)12-14(18)3/h6-12,15H,5H2,1-4H3,(H2,20,21,22)/t15-/m0/s1. The lowest BCUT2D eigenvalue weighted by Gasteiger charge is -2.19. The molecule has 2 nitrogen and oxygen atoms in total. The van der Waals surface area contributed by atoms with E-state index in [4.69, 9.17) is 12.2 Å². The predicted molar refractivity (Wildman–Crippen MR) is 99.5 cm³/mol. The molecule has 0 aromatic heterocycles. The van der Waals surface area contributed by atoms with Crippen LogP contribution in [0.3, 0.4) is 0 Å². The predicted octanol–water partition coefficient (Wildman–Crippen LogP) is 4.91. The van der Waals surface area contributed by atoms with Crippen LogP contribution in [0, 0.1) is 13.8 Å². The number of thiocarbonyl (C=S) groups is 1. The Morgan fingerprint density at radius 1 is 1.09 bits per heavy atom. The third-order valence-corrected chi connectivity index (χ3v) is 4.08. The van der Waals surface area contributed by atoms with Crippen LogP contribution in [0.15, 0.2) is 42.5 Å². The van der Waals surface area contributed by atoms with Crippen LogP contribution >= 0.6 is 12.2 Å². The second-order valence-electron chi connectivity index (χ2n) is 5.73. The minimum absolute atomic E-state index is 0.176. The maximum Gasteiger partial charge on any atom is 0.171 e. The summed E-state index contributed by atoms with van der Waals surface area (Å²) in [5, 5.41) is 7.25. The number of rotatable bonds is 4. The van der Waals surface area contributed by atoms with E-state index in [1.807, 2.05) is 0 Å². The molecule has 0 unspecified atom stereocenters. The van der Waals surface area contributed by atoms with Gasteiger partial charge in [0.25, 0.3) is 0 Å². The van der Waals surface area contributed by atoms with E-state index >= 15 is 0 Å². The van der Waals surface area contributed by atoms with Gasteiger partial charge in [-0.05, 0) is 68.2 Å². The van der Waals surface area contributed by atoms with Crippen molar-refractivity contribution in [3.63, 3.8) is 0 Å². The largest absolute Gasteiger partial charge is 0.356 e. The molecule has 2 aromatic carbocycles. The Labute approximate surface area is 139 Å². The maximum atomic E-state index is 5.42. The summed E-state index contributed by atoms with van der Waals surface area (Å²) in [6.45, 7) is 8.54. The van der Waals surface area contributed by atoms with Crippen LogP contribution in [0.1, 0.15) is 42.1 Å². The SMILES string of the molecule is CCc1ccc(NC(=S)N[C@@H](C)c2ccc(C)cc2C)cc1. The minimum Gasteiger partial charge on any atom is -0.356 e. The minimum atomic E-state index is 0.176. The molecule has 0 aliphatic carbocycles. The van der Waals surface area contributed by atoms with Crippen molar-refractivity contribution in [2.75, 3.05) is 5.32 Å². The van der Waals surface area contributed by atoms with Crippen LogP contribution in [0.5, 0.6) is 0 Å². The molecular weight excluding hydrogens is 288 g/mol. The third kappa shape index (κ3) is 4.31. The van der Waals surface area contributed by atoms with Crippen molar-refractivity contribution in [1.82, 2.24) is 5.32 Å². The van der Waals surface area contributed by atoms with E-state index in [1.54, 1.807) is 0 Å². The van der Waals surface area contributed by atoms with Gasteiger partial charge in [-0.3, -0.25) is 0 Å². The third-order valence-electron chi connectivity index (χ3n) is 3.86. The average molecular weight is 312 g/mol. The summed E-state index contributed by atoms with van der Waals surface area (Å²) in [4.78, 5) is 0. The van der Waals surface area contributed by atoms with E-state index in [1.165, 1.54) is 22.3 Å². The van der Waals surface area contributed by atoms with Crippen molar-refractivity contribution in [3.8, 4) is 0 Å². The highest BCUT2D eigenvalue weighted by molar-refractivity contribution is 7.80. The summed E-state index contributed by atoms with van der Waals surface area (Å²) in [6, 6.07) is 15.1. The molecule has 0 amide bonds. The molecule has 0 bridgehead atoms. The first kappa shape index (κ1) is 16.5. The van der Waals surface area contributed by atoms with E-state index in [2.05, 4.69) is 80.8 Å². The van der Waals surface area contributed by atoms with Crippen LogP contribution < -0.4 is 10.6 Å². The van der Waals surface area contributed by atoms with Crippen molar-refractivity contribution >= 4 is 23.0 Å². The van der Waals surface area contributed by atoms with Gasteiger partial charge in [-0.1, -0.05) is 42.8 Å². The smallest absolute Gasteiger partial charge is 0.171 e. The van der Waals surface area contributed by atoms with Gasteiger partial charge in [0.15, 0.2) is 5.11 Å². The Bertz CT molecular complexity index is 647. The quantitative estimate of drug-likeness (QED) is 0.784. The Morgan fingerprint density at radius 3 is 2.36 bits per heavy atom. The highest BCUT2D eigenvalue weighted by Crippen LogP contribution is 2.19. The number of anilines is 1. The summed E-state index contributed by atoms with van der Waals surface area (Å²) in [7, 11) is 0. The Balaban J connectivity index is 1.98. The molecule has 2 aromatic rings. The lowest BCUT2D eigenvalue weighted by Crippen LogP contribution is -2.31. The molecule has 0 aliphatic heterocycles. The van der Waals surface area contributed by atoms with Crippen molar-refractivity contribution in [2.45, 2.75) is 40.2 Å². The Kier molecular flexibility index (Phi) is 5.56.